The first-order valence-electron chi connectivity index (χ1n) is 4.20. The van der Waals surface area contributed by atoms with Crippen molar-refractivity contribution < 1.29 is 9.85 Å². The van der Waals surface area contributed by atoms with E-state index in [1.807, 2.05) is 0 Å². The molecule has 13 heavy (non-hydrogen) atoms. The van der Waals surface area contributed by atoms with Crippen LogP contribution < -0.4 is 0 Å². The summed E-state index contributed by atoms with van der Waals surface area (Å²) in [6.07, 6.45) is 0.879. The Morgan fingerprint density at radius 2 is 1.46 bits per heavy atom. The molecular formula is C7H14N2O4. The molecule has 0 spiro atoms. The molecule has 0 aromatic carbocycles. The van der Waals surface area contributed by atoms with Gasteiger partial charge in [-0.05, 0) is 12.8 Å². The maximum atomic E-state index is 10.6. The zero-order valence-electron chi connectivity index (χ0n) is 8.02. The second-order valence-corrected chi connectivity index (χ2v) is 3.12. The Morgan fingerprint density at radius 3 is 1.54 bits per heavy atom. The zero-order chi connectivity index (χ0) is 10.6. The van der Waals surface area contributed by atoms with Crippen LogP contribution in [-0.4, -0.2) is 15.5 Å². The van der Waals surface area contributed by atoms with Crippen molar-refractivity contribution in [3.63, 3.8) is 0 Å². The Bertz CT molecular complexity index is 199. The highest BCUT2D eigenvalue weighted by atomic mass is 16.7. The first-order chi connectivity index (χ1) is 5.91. The molecule has 6 heteroatoms. The fourth-order valence-electron chi connectivity index (χ4n) is 1.43. The molecule has 0 aliphatic rings. The van der Waals surface area contributed by atoms with Crippen LogP contribution in [0.2, 0.25) is 0 Å². The van der Waals surface area contributed by atoms with E-state index in [1.54, 1.807) is 13.8 Å². The monoisotopic (exact) mass is 190 g/mol. The fraction of sp³-hybridized carbons (Fsp3) is 1.00. The van der Waals surface area contributed by atoms with Crippen LogP contribution in [0.4, 0.5) is 0 Å². The van der Waals surface area contributed by atoms with E-state index in [4.69, 9.17) is 0 Å². The molecule has 0 aromatic rings. The summed E-state index contributed by atoms with van der Waals surface area (Å²) in [6, 6.07) is 0. The molecular weight excluding hydrogens is 176 g/mol. The normalized spacial score (nSPS) is 11.7. The van der Waals surface area contributed by atoms with Crippen molar-refractivity contribution in [3.05, 3.63) is 20.2 Å². The second-order valence-electron chi connectivity index (χ2n) is 3.12. The summed E-state index contributed by atoms with van der Waals surface area (Å²) in [7, 11) is 0. The zero-order valence-corrected chi connectivity index (χ0v) is 8.02. The minimum atomic E-state index is -2.04. The van der Waals surface area contributed by atoms with Gasteiger partial charge in [-0.2, -0.15) is 0 Å². The Morgan fingerprint density at radius 1 is 1.15 bits per heavy atom. The highest BCUT2D eigenvalue weighted by Crippen LogP contribution is 2.27. The van der Waals surface area contributed by atoms with Gasteiger partial charge in [-0.15, -0.1) is 0 Å². The second kappa shape index (κ2) is 4.15. The molecule has 6 nitrogen and oxygen atoms in total. The maximum absolute atomic E-state index is 10.6. The molecule has 0 N–H and O–H groups in total. The highest BCUT2D eigenvalue weighted by molar-refractivity contribution is 4.70. The largest absolute Gasteiger partial charge is 0.458 e. The molecule has 76 valence electrons. The lowest BCUT2D eigenvalue weighted by Crippen LogP contribution is -2.49. The van der Waals surface area contributed by atoms with Gasteiger partial charge in [0.1, 0.15) is 0 Å². The highest BCUT2D eigenvalue weighted by Gasteiger charge is 2.56. The van der Waals surface area contributed by atoms with Crippen molar-refractivity contribution in [2.45, 2.75) is 39.3 Å². The van der Waals surface area contributed by atoms with Gasteiger partial charge in [0, 0.05) is 0 Å². The van der Waals surface area contributed by atoms with Gasteiger partial charge in [-0.3, -0.25) is 20.2 Å². The summed E-state index contributed by atoms with van der Waals surface area (Å²) < 4.78 is 0. The van der Waals surface area contributed by atoms with E-state index in [9.17, 15) is 20.2 Å². The van der Waals surface area contributed by atoms with Crippen LogP contribution in [0, 0.1) is 26.1 Å². The first-order valence-corrected chi connectivity index (χ1v) is 4.20. The molecule has 0 heterocycles. The third-order valence-corrected chi connectivity index (χ3v) is 2.50. The third-order valence-electron chi connectivity index (χ3n) is 2.50. The predicted molar refractivity (Wildman–Crippen MR) is 46.5 cm³/mol. The van der Waals surface area contributed by atoms with Gasteiger partial charge in [-0.1, -0.05) is 13.8 Å². The van der Waals surface area contributed by atoms with Crippen molar-refractivity contribution in [1.82, 2.24) is 0 Å². The standard InChI is InChI=1S/C7H14N2O4/c1-4-6(5-2)7(3,8(10)11)9(12)13/h6H,4-5H2,1-3H3. The van der Waals surface area contributed by atoms with Gasteiger partial charge >= 0.3 is 5.66 Å². The summed E-state index contributed by atoms with van der Waals surface area (Å²) >= 11 is 0. The molecule has 0 radical (unpaired) electrons. The minimum absolute atomic E-state index is 0.439. The molecule has 0 fully saturated rings. The molecule has 0 unspecified atom stereocenters. The number of rotatable bonds is 5. The summed E-state index contributed by atoms with van der Waals surface area (Å²) in [5.41, 5.74) is -2.04. The Labute approximate surface area is 76.2 Å². The van der Waals surface area contributed by atoms with Crippen molar-refractivity contribution in [1.29, 1.82) is 0 Å². The van der Waals surface area contributed by atoms with Crippen LogP contribution in [0.1, 0.15) is 33.6 Å². The number of hydrogen-bond acceptors (Lipinski definition) is 4. The van der Waals surface area contributed by atoms with E-state index in [0.29, 0.717) is 12.8 Å². The number of nitro groups is 2. The van der Waals surface area contributed by atoms with Crippen molar-refractivity contribution in [2.75, 3.05) is 0 Å². The van der Waals surface area contributed by atoms with Gasteiger partial charge in [0.2, 0.25) is 0 Å². The van der Waals surface area contributed by atoms with Crippen molar-refractivity contribution >= 4 is 0 Å². The lowest BCUT2D eigenvalue weighted by molar-refractivity contribution is -0.802. The van der Waals surface area contributed by atoms with Crippen molar-refractivity contribution in [3.8, 4) is 0 Å². The van der Waals surface area contributed by atoms with Gasteiger partial charge < -0.3 is 0 Å². The van der Waals surface area contributed by atoms with E-state index in [2.05, 4.69) is 0 Å². The summed E-state index contributed by atoms with van der Waals surface area (Å²) in [5.74, 6) is -0.516. The van der Waals surface area contributed by atoms with Gasteiger partial charge in [-0.25, -0.2) is 0 Å². The van der Waals surface area contributed by atoms with Gasteiger partial charge in [0.05, 0.1) is 22.7 Å². The Hall–Kier alpha value is -1.20. The van der Waals surface area contributed by atoms with Crippen LogP contribution in [0.25, 0.3) is 0 Å². The molecule has 0 aliphatic carbocycles. The Kier molecular flexibility index (Phi) is 3.77. The molecule has 0 aromatic heterocycles. The molecule has 0 bridgehead atoms. The average Bonchev–Trinajstić information content (AvgIpc) is 2.05. The van der Waals surface area contributed by atoms with E-state index in [0.717, 1.165) is 6.92 Å². The van der Waals surface area contributed by atoms with Gasteiger partial charge in [0.25, 0.3) is 0 Å². The molecule has 0 amide bonds. The minimum Gasteiger partial charge on any atom is -0.258 e. The van der Waals surface area contributed by atoms with Crippen LogP contribution in [0.15, 0.2) is 0 Å². The van der Waals surface area contributed by atoms with Crippen LogP contribution >= 0.6 is 0 Å². The smallest absolute Gasteiger partial charge is 0.258 e. The van der Waals surface area contributed by atoms with E-state index in [-0.39, 0.29) is 0 Å². The predicted octanol–water partition coefficient (Wildman–Crippen LogP) is 1.69. The lowest BCUT2D eigenvalue weighted by Gasteiger charge is -2.20. The summed E-state index contributed by atoms with van der Waals surface area (Å²) in [5, 5.41) is 21.2. The fourth-order valence-corrected chi connectivity index (χ4v) is 1.43. The number of hydrogen-bond donors (Lipinski definition) is 0. The topological polar surface area (TPSA) is 86.3 Å². The lowest BCUT2D eigenvalue weighted by atomic mass is 9.90. The van der Waals surface area contributed by atoms with E-state index < -0.39 is 21.4 Å². The van der Waals surface area contributed by atoms with Crippen molar-refractivity contribution in [2.24, 2.45) is 5.92 Å². The Balaban J connectivity index is 4.98. The molecule has 0 atom stereocenters. The van der Waals surface area contributed by atoms with E-state index in [1.165, 1.54) is 0 Å². The van der Waals surface area contributed by atoms with Crippen LogP contribution in [-0.2, 0) is 0 Å². The molecule has 0 rings (SSSR count). The molecule has 0 saturated heterocycles. The summed E-state index contributed by atoms with van der Waals surface area (Å²) in [4.78, 5) is 19.6. The summed E-state index contributed by atoms with van der Waals surface area (Å²) in [6.45, 7) is 4.52. The molecule has 0 aliphatic heterocycles. The number of nitrogens with zero attached hydrogens (tertiary/aromatic N) is 2. The van der Waals surface area contributed by atoms with Gasteiger partial charge in [0.15, 0.2) is 0 Å². The maximum Gasteiger partial charge on any atom is 0.458 e. The average molecular weight is 190 g/mol. The quantitative estimate of drug-likeness (QED) is 0.375. The van der Waals surface area contributed by atoms with E-state index >= 15 is 0 Å². The SMILES string of the molecule is CCC(CC)C(C)([N+](=O)[O-])[N+](=O)[O-]. The molecule has 0 saturated carbocycles. The first kappa shape index (κ1) is 11.8. The third kappa shape index (κ3) is 1.93. The van der Waals surface area contributed by atoms with Crippen LogP contribution in [0.5, 0.6) is 0 Å². The van der Waals surface area contributed by atoms with Crippen LogP contribution in [0.3, 0.4) is 0 Å².